The first-order valence-corrected chi connectivity index (χ1v) is 10.7. The quantitative estimate of drug-likeness (QED) is 0.481. The topological polar surface area (TPSA) is 55.6 Å². The maximum Gasteiger partial charge on any atom is 0.255 e. The lowest BCUT2D eigenvalue weighted by Gasteiger charge is -2.19. The summed E-state index contributed by atoms with van der Waals surface area (Å²) in [4.78, 5) is 17.5. The van der Waals surface area contributed by atoms with Crippen molar-refractivity contribution >= 4 is 17.2 Å². The lowest BCUT2D eigenvalue weighted by molar-refractivity contribution is 0.102. The molecule has 4 aromatic rings. The van der Waals surface area contributed by atoms with Gasteiger partial charge in [0.25, 0.3) is 5.91 Å². The van der Waals surface area contributed by atoms with Gasteiger partial charge in [-0.3, -0.25) is 4.79 Å². The normalized spacial score (nSPS) is 13.1. The number of carbonyl (C=O) groups is 1. The van der Waals surface area contributed by atoms with Crippen molar-refractivity contribution in [2.45, 2.75) is 39.2 Å². The smallest absolute Gasteiger partial charge is 0.255 e. The molecule has 0 saturated heterocycles. The summed E-state index contributed by atoms with van der Waals surface area (Å²) in [5.41, 5.74) is 7.04. The Morgan fingerprint density at radius 3 is 2.87 bits per heavy atom. The highest BCUT2D eigenvalue weighted by molar-refractivity contribution is 6.05. The zero-order chi connectivity index (χ0) is 21.2. The second kappa shape index (κ2) is 8.26. The number of amides is 1. The molecule has 5 rings (SSSR count). The van der Waals surface area contributed by atoms with Gasteiger partial charge in [0.05, 0.1) is 5.69 Å². The molecule has 2 aromatic carbocycles. The second-order valence-corrected chi connectivity index (χ2v) is 8.13. The number of aromatic nitrogens is 2. The number of imidazole rings is 1. The van der Waals surface area contributed by atoms with Crippen LogP contribution in [0, 0.1) is 6.92 Å². The number of benzene rings is 2. The van der Waals surface area contributed by atoms with E-state index in [9.17, 15) is 4.79 Å². The highest BCUT2D eigenvalue weighted by Gasteiger charge is 2.15. The largest absolute Gasteiger partial charge is 0.487 e. The number of fused-ring (bicyclic) bond motifs is 2. The average molecular weight is 412 g/mol. The third-order valence-corrected chi connectivity index (χ3v) is 5.78. The molecule has 1 N–H and O–H groups in total. The minimum atomic E-state index is -0.118. The van der Waals surface area contributed by atoms with E-state index < -0.39 is 0 Å². The molecule has 31 heavy (non-hydrogen) atoms. The number of rotatable bonds is 5. The maximum atomic E-state index is 12.9. The number of hydrogen-bond acceptors (Lipinski definition) is 3. The Morgan fingerprint density at radius 1 is 1.06 bits per heavy atom. The third kappa shape index (κ3) is 4.17. The molecule has 2 heterocycles. The molecule has 156 valence electrons. The maximum absolute atomic E-state index is 12.9. The fraction of sp³-hybridized carbons (Fsp3) is 0.231. The van der Waals surface area contributed by atoms with Crippen molar-refractivity contribution in [1.82, 2.24) is 9.38 Å². The molecule has 0 atom stereocenters. The van der Waals surface area contributed by atoms with Gasteiger partial charge in [0.1, 0.15) is 18.0 Å². The minimum Gasteiger partial charge on any atom is -0.487 e. The molecule has 0 bridgehead atoms. The Hall–Kier alpha value is -3.60. The molecule has 2 aromatic heterocycles. The van der Waals surface area contributed by atoms with Crippen LogP contribution in [0.3, 0.4) is 0 Å². The van der Waals surface area contributed by atoms with Crippen LogP contribution in [-0.4, -0.2) is 15.3 Å². The molecule has 1 aliphatic carbocycles. The van der Waals surface area contributed by atoms with Gasteiger partial charge in [-0.25, -0.2) is 4.98 Å². The molecule has 5 nitrogen and oxygen atoms in total. The van der Waals surface area contributed by atoms with Gasteiger partial charge in [0, 0.05) is 23.6 Å². The Labute approximate surface area is 181 Å². The van der Waals surface area contributed by atoms with Crippen LogP contribution in [0.2, 0.25) is 0 Å². The number of nitrogens with zero attached hydrogens (tertiary/aromatic N) is 2. The van der Waals surface area contributed by atoms with Crippen LogP contribution in [-0.2, 0) is 19.4 Å². The van der Waals surface area contributed by atoms with E-state index in [2.05, 4.69) is 23.3 Å². The van der Waals surface area contributed by atoms with Gasteiger partial charge in [0.15, 0.2) is 0 Å². The average Bonchev–Trinajstić information content (AvgIpc) is 3.20. The second-order valence-electron chi connectivity index (χ2n) is 8.13. The molecule has 1 aliphatic rings. The summed E-state index contributed by atoms with van der Waals surface area (Å²) in [7, 11) is 0. The van der Waals surface area contributed by atoms with Crippen LogP contribution < -0.4 is 10.1 Å². The Balaban J connectivity index is 1.29. The first-order chi connectivity index (χ1) is 15.2. The molecular weight excluding hydrogens is 386 g/mol. The van der Waals surface area contributed by atoms with Crippen molar-refractivity contribution in [1.29, 1.82) is 0 Å². The minimum absolute atomic E-state index is 0.118. The van der Waals surface area contributed by atoms with Crippen molar-refractivity contribution in [2.75, 3.05) is 5.32 Å². The van der Waals surface area contributed by atoms with Gasteiger partial charge >= 0.3 is 0 Å². The highest BCUT2D eigenvalue weighted by Crippen LogP contribution is 2.28. The van der Waals surface area contributed by atoms with Crippen molar-refractivity contribution in [2.24, 2.45) is 0 Å². The predicted molar refractivity (Wildman–Crippen MR) is 122 cm³/mol. The molecule has 0 unspecified atom stereocenters. The number of pyridine rings is 1. The van der Waals surface area contributed by atoms with Crippen molar-refractivity contribution in [3.8, 4) is 5.75 Å². The van der Waals surface area contributed by atoms with Crippen LogP contribution in [0.25, 0.3) is 5.65 Å². The van der Waals surface area contributed by atoms with Gasteiger partial charge in [-0.2, -0.15) is 0 Å². The number of aryl methyl sites for hydroxylation is 2. The molecule has 0 aliphatic heterocycles. The van der Waals surface area contributed by atoms with E-state index in [-0.39, 0.29) is 5.91 Å². The lowest BCUT2D eigenvalue weighted by atomic mass is 9.90. The summed E-state index contributed by atoms with van der Waals surface area (Å²) in [6, 6.07) is 17.5. The number of hydrogen-bond donors (Lipinski definition) is 1. The molecular formula is C26H25N3O2. The van der Waals surface area contributed by atoms with Gasteiger partial charge < -0.3 is 14.5 Å². The molecule has 0 spiro atoms. The van der Waals surface area contributed by atoms with E-state index in [1.165, 1.54) is 29.5 Å². The summed E-state index contributed by atoms with van der Waals surface area (Å²) in [5.74, 6) is 0.531. The summed E-state index contributed by atoms with van der Waals surface area (Å²) in [6.45, 7) is 2.40. The van der Waals surface area contributed by atoms with Crippen molar-refractivity contribution in [3.63, 3.8) is 0 Å². The summed E-state index contributed by atoms with van der Waals surface area (Å²) in [5, 5.41) is 3.10. The Morgan fingerprint density at radius 2 is 1.94 bits per heavy atom. The van der Waals surface area contributed by atoms with Gasteiger partial charge in [-0.15, -0.1) is 0 Å². The first-order valence-electron chi connectivity index (χ1n) is 10.7. The van der Waals surface area contributed by atoms with E-state index in [1.54, 1.807) is 6.07 Å². The lowest BCUT2D eigenvalue weighted by Crippen LogP contribution is -2.15. The van der Waals surface area contributed by atoms with E-state index in [0.717, 1.165) is 29.9 Å². The highest BCUT2D eigenvalue weighted by atomic mass is 16.5. The zero-order valence-electron chi connectivity index (χ0n) is 17.6. The van der Waals surface area contributed by atoms with Gasteiger partial charge in [-0.1, -0.05) is 24.3 Å². The number of nitrogens with one attached hydrogen (secondary N) is 1. The fourth-order valence-corrected chi connectivity index (χ4v) is 4.20. The zero-order valence-corrected chi connectivity index (χ0v) is 17.6. The summed E-state index contributed by atoms with van der Waals surface area (Å²) in [6.07, 6.45) is 8.51. The molecule has 5 heteroatoms. The van der Waals surface area contributed by atoms with Crippen LogP contribution in [0.15, 0.2) is 67.0 Å². The van der Waals surface area contributed by atoms with E-state index in [1.807, 2.05) is 59.3 Å². The van der Waals surface area contributed by atoms with E-state index >= 15 is 0 Å². The van der Waals surface area contributed by atoms with Crippen LogP contribution in [0.4, 0.5) is 5.69 Å². The number of carbonyl (C=O) groups excluding carboxylic acids is 1. The number of anilines is 1. The van der Waals surface area contributed by atoms with Crippen molar-refractivity contribution in [3.05, 3.63) is 94.9 Å². The Kier molecular flexibility index (Phi) is 5.16. The fourth-order valence-electron chi connectivity index (χ4n) is 4.20. The van der Waals surface area contributed by atoms with E-state index in [4.69, 9.17) is 4.74 Å². The molecule has 1 amide bonds. The monoisotopic (exact) mass is 411 g/mol. The van der Waals surface area contributed by atoms with Crippen molar-refractivity contribution < 1.29 is 9.53 Å². The predicted octanol–water partition coefficient (Wildman–Crippen LogP) is 5.35. The third-order valence-electron chi connectivity index (χ3n) is 5.78. The van der Waals surface area contributed by atoms with Crippen LogP contribution >= 0.6 is 0 Å². The standard InChI is InChI=1S/C26H25N3O2/c1-18-12-13-25-27-21(16-29(25)15-18)17-31-22-9-4-8-20(14-22)26(30)28-24-11-5-7-19-6-2-3-10-23(19)24/h4-5,7-9,11-16H,2-3,6,10,17H2,1H3,(H,28,30). The van der Waals surface area contributed by atoms with Crippen LogP contribution in [0.1, 0.15) is 45.6 Å². The SMILES string of the molecule is Cc1ccc2nc(COc3cccc(C(=O)Nc4cccc5c4CCCC5)c3)cn2c1. The molecule has 0 fully saturated rings. The van der Waals surface area contributed by atoms with Crippen LogP contribution in [0.5, 0.6) is 5.75 Å². The summed E-state index contributed by atoms with van der Waals surface area (Å²) >= 11 is 0. The summed E-state index contributed by atoms with van der Waals surface area (Å²) < 4.78 is 7.93. The van der Waals surface area contributed by atoms with Gasteiger partial charge in [-0.05, 0) is 79.6 Å². The van der Waals surface area contributed by atoms with Gasteiger partial charge in [0.2, 0.25) is 0 Å². The molecule has 0 radical (unpaired) electrons. The number of ether oxygens (including phenoxy) is 1. The molecule has 0 saturated carbocycles. The first kappa shape index (κ1) is 19.4. The Bertz CT molecular complexity index is 1260. The van der Waals surface area contributed by atoms with E-state index in [0.29, 0.717) is 17.9 Å².